The molecule has 3 heteroatoms. The average Bonchev–Trinajstić information content (AvgIpc) is 3.18. The Balaban J connectivity index is 1.95. The molecule has 0 amide bonds. The van der Waals surface area contributed by atoms with Gasteiger partial charge in [-0.2, -0.15) is 0 Å². The Bertz CT molecular complexity index is 515. The minimum absolute atomic E-state index is 0.751. The SMILES string of the molecule is CNCCc1sc(C2CC2)nc1-c1ccccc1. The van der Waals surface area contributed by atoms with E-state index in [1.54, 1.807) is 0 Å². The molecule has 1 aliphatic rings. The first-order valence-electron chi connectivity index (χ1n) is 6.58. The zero-order chi connectivity index (χ0) is 12.4. The Kier molecular flexibility index (Phi) is 3.43. The first kappa shape index (κ1) is 11.9. The predicted molar refractivity (Wildman–Crippen MR) is 77.2 cm³/mol. The van der Waals surface area contributed by atoms with Gasteiger partial charge in [-0.05, 0) is 32.9 Å². The van der Waals surface area contributed by atoms with Gasteiger partial charge in [0.1, 0.15) is 0 Å². The second kappa shape index (κ2) is 5.21. The maximum absolute atomic E-state index is 4.89. The van der Waals surface area contributed by atoms with E-state index in [1.165, 1.54) is 34.0 Å². The molecule has 3 rings (SSSR count). The van der Waals surface area contributed by atoms with Crippen molar-refractivity contribution in [1.29, 1.82) is 0 Å². The molecule has 1 heterocycles. The Morgan fingerprint density at radius 3 is 2.72 bits per heavy atom. The van der Waals surface area contributed by atoms with Gasteiger partial charge < -0.3 is 5.32 Å². The van der Waals surface area contributed by atoms with Crippen LogP contribution in [0.4, 0.5) is 0 Å². The summed E-state index contributed by atoms with van der Waals surface area (Å²) in [6, 6.07) is 10.6. The van der Waals surface area contributed by atoms with Crippen molar-refractivity contribution in [2.24, 2.45) is 0 Å². The third kappa shape index (κ3) is 2.47. The Hall–Kier alpha value is -1.19. The van der Waals surface area contributed by atoms with Crippen LogP contribution in [0, 0.1) is 0 Å². The zero-order valence-corrected chi connectivity index (χ0v) is 11.5. The molecule has 0 spiro atoms. The number of thiazole rings is 1. The summed E-state index contributed by atoms with van der Waals surface area (Å²) in [5.41, 5.74) is 2.46. The highest BCUT2D eigenvalue weighted by Crippen LogP contribution is 2.44. The molecule has 1 aliphatic carbocycles. The van der Waals surface area contributed by atoms with Crippen molar-refractivity contribution in [3.63, 3.8) is 0 Å². The molecule has 0 aliphatic heterocycles. The lowest BCUT2D eigenvalue weighted by molar-refractivity contribution is 0.799. The normalized spacial score (nSPS) is 14.9. The van der Waals surface area contributed by atoms with Gasteiger partial charge in [-0.15, -0.1) is 11.3 Å². The minimum atomic E-state index is 0.751. The van der Waals surface area contributed by atoms with Crippen LogP contribution in [0.3, 0.4) is 0 Å². The fraction of sp³-hybridized carbons (Fsp3) is 0.400. The molecule has 1 aromatic heterocycles. The van der Waals surface area contributed by atoms with Crippen LogP contribution in [-0.4, -0.2) is 18.6 Å². The van der Waals surface area contributed by atoms with Crippen molar-refractivity contribution < 1.29 is 0 Å². The molecule has 0 saturated heterocycles. The summed E-state index contributed by atoms with van der Waals surface area (Å²) in [6.07, 6.45) is 3.73. The van der Waals surface area contributed by atoms with Gasteiger partial charge >= 0.3 is 0 Å². The molecular weight excluding hydrogens is 240 g/mol. The van der Waals surface area contributed by atoms with Crippen molar-refractivity contribution in [3.05, 3.63) is 40.2 Å². The zero-order valence-electron chi connectivity index (χ0n) is 10.6. The van der Waals surface area contributed by atoms with Crippen molar-refractivity contribution in [3.8, 4) is 11.3 Å². The van der Waals surface area contributed by atoms with E-state index in [-0.39, 0.29) is 0 Å². The highest BCUT2D eigenvalue weighted by Gasteiger charge is 2.28. The third-order valence-corrected chi connectivity index (χ3v) is 4.57. The number of nitrogens with zero attached hydrogens (tertiary/aromatic N) is 1. The molecule has 0 bridgehead atoms. The van der Waals surface area contributed by atoms with E-state index in [0.29, 0.717) is 0 Å². The molecule has 0 unspecified atom stereocenters. The van der Waals surface area contributed by atoms with E-state index in [0.717, 1.165) is 18.9 Å². The van der Waals surface area contributed by atoms with Gasteiger partial charge in [0.25, 0.3) is 0 Å². The summed E-state index contributed by atoms with van der Waals surface area (Å²) in [5, 5.41) is 4.58. The highest BCUT2D eigenvalue weighted by atomic mass is 32.1. The summed E-state index contributed by atoms with van der Waals surface area (Å²) in [6.45, 7) is 1.02. The molecule has 2 aromatic rings. The molecule has 2 nitrogen and oxygen atoms in total. The molecule has 0 radical (unpaired) electrons. The van der Waals surface area contributed by atoms with Crippen LogP contribution in [0.1, 0.15) is 28.6 Å². The predicted octanol–water partition coefficient (Wildman–Crippen LogP) is 3.45. The molecule has 1 N–H and O–H groups in total. The Morgan fingerprint density at radius 2 is 2.06 bits per heavy atom. The number of hydrogen-bond donors (Lipinski definition) is 1. The smallest absolute Gasteiger partial charge is 0.0966 e. The van der Waals surface area contributed by atoms with Crippen LogP contribution in [0.2, 0.25) is 0 Å². The molecule has 94 valence electrons. The fourth-order valence-corrected chi connectivity index (χ4v) is 3.36. The van der Waals surface area contributed by atoms with E-state index < -0.39 is 0 Å². The van der Waals surface area contributed by atoms with Gasteiger partial charge in [-0.25, -0.2) is 4.98 Å². The maximum Gasteiger partial charge on any atom is 0.0966 e. The highest BCUT2D eigenvalue weighted by molar-refractivity contribution is 7.12. The Morgan fingerprint density at radius 1 is 1.28 bits per heavy atom. The van der Waals surface area contributed by atoms with Crippen molar-refractivity contribution >= 4 is 11.3 Å². The lowest BCUT2D eigenvalue weighted by atomic mass is 10.1. The summed E-state index contributed by atoms with van der Waals surface area (Å²) < 4.78 is 0. The minimum Gasteiger partial charge on any atom is -0.319 e. The Labute approximate surface area is 112 Å². The van der Waals surface area contributed by atoms with E-state index in [2.05, 4.69) is 35.6 Å². The van der Waals surface area contributed by atoms with Crippen LogP contribution >= 0.6 is 11.3 Å². The van der Waals surface area contributed by atoms with Crippen molar-refractivity contribution in [2.45, 2.75) is 25.2 Å². The molecule has 1 fully saturated rings. The summed E-state index contributed by atoms with van der Waals surface area (Å²) in [7, 11) is 2.00. The first-order chi connectivity index (χ1) is 8.88. The van der Waals surface area contributed by atoms with Crippen LogP contribution in [0.5, 0.6) is 0 Å². The molecule has 0 atom stereocenters. The number of benzene rings is 1. The van der Waals surface area contributed by atoms with E-state index in [1.807, 2.05) is 18.4 Å². The summed E-state index contributed by atoms with van der Waals surface area (Å²) in [4.78, 5) is 6.31. The van der Waals surface area contributed by atoms with Crippen LogP contribution in [0.25, 0.3) is 11.3 Å². The lowest BCUT2D eigenvalue weighted by Crippen LogP contribution is -2.09. The van der Waals surface area contributed by atoms with Crippen molar-refractivity contribution in [2.75, 3.05) is 13.6 Å². The van der Waals surface area contributed by atoms with Gasteiger partial charge in [-0.3, -0.25) is 0 Å². The number of aromatic nitrogens is 1. The largest absolute Gasteiger partial charge is 0.319 e. The van der Waals surface area contributed by atoms with E-state index in [4.69, 9.17) is 4.98 Å². The van der Waals surface area contributed by atoms with Crippen molar-refractivity contribution in [1.82, 2.24) is 10.3 Å². The van der Waals surface area contributed by atoms with Gasteiger partial charge in [0.05, 0.1) is 10.7 Å². The van der Waals surface area contributed by atoms with Gasteiger partial charge in [0, 0.05) is 16.4 Å². The van der Waals surface area contributed by atoms with Gasteiger partial charge in [-0.1, -0.05) is 30.3 Å². The molecule has 1 saturated carbocycles. The lowest BCUT2D eigenvalue weighted by Gasteiger charge is -2.01. The van der Waals surface area contributed by atoms with Gasteiger partial charge in [0.15, 0.2) is 0 Å². The average molecular weight is 258 g/mol. The topological polar surface area (TPSA) is 24.9 Å². The summed E-state index contributed by atoms with van der Waals surface area (Å²) in [5.74, 6) is 0.751. The number of rotatable bonds is 5. The van der Waals surface area contributed by atoms with Crippen LogP contribution in [-0.2, 0) is 6.42 Å². The number of likely N-dealkylation sites (N-methyl/N-ethyl adjacent to an activating group) is 1. The molecular formula is C15H18N2S. The quantitative estimate of drug-likeness (QED) is 0.888. The third-order valence-electron chi connectivity index (χ3n) is 3.29. The first-order valence-corrected chi connectivity index (χ1v) is 7.39. The standard InChI is InChI=1S/C15H18N2S/c1-16-10-9-13-14(11-5-3-2-4-6-11)17-15(18-13)12-7-8-12/h2-6,12,16H,7-10H2,1H3. The van der Waals surface area contributed by atoms with E-state index in [9.17, 15) is 0 Å². The second-order valence-corrected chi connectivity index (χ2v) is 5.93. The fourth-order valence-electron chi connectivity index (χ4n) is 2.10. The number of nitrogens with one attached hydrogen (secondary N) is 1. The molecule has 18 heavy (non-hydrogen) atoms. The maximum atomic E-state index is 4.89. The molecule has 1 aromatic carbocycles. The second-order valence-electron chi connectivity index (χ2n) is 4.82. The van der Waals surface area contributed by atoms with E-state index >= 15 is 0 Å². The number of hydrogen-bond acceptors (Lipinski definition) is 3. The van der Waals surface area contributed by atoms with Crippen LogP contribution < -0.4 is 5.32 Å². The van der Waals surface area contributed by atoms with Crippen LogP contribution in [0.15, 0.2) is 30.3 Å². The summed E-state index contributed by atoms with van der Waals surface area (Å²) >= 11 is 1.91. The monoisotopic (exact) mass is 258 g/mol. The van der Waals surface area contributed by atoms with Gasteiger partial charge in [0.2, 0.25) is 0 Å².